The summed E-state index contributed by atoms with van der Waals surface area (Å²) >= 11 is 0. The zero-order valence-corrected chi connectivity index (χ0v) is 20.2. The highest BCUT2D eigenvalue weighted by molar-refractivity contribution is 5.97. The van der Waals surface area contributed by atoms with Crippen LogP contribution in [-0.2, 0) is 16.0 Å². The Hall–Kier alpha value is -3.52. The number of hydrogen-bond donors (Lipinski definition) is 1. The predicted octanol–water partition coefficient (Wildman–Crippen LogP) is 3.07. The molecule has 0 saturated carbocycles. The molecule has 8 nitrogen and oxygen atoms in total. The van der Waals surface area contributed by atoms with E-state index in [1.54, 1.807) is 4.90 Å². The molecule has 0 aliphatic carbocycles. The largest absolute Gasteiger partial charge is 0.454 e. The van der Waals surface area contributed by atoms with Gasteiger partial charge >= 0.3 is 0 Å². The van der Waals surface area contributed by atoms with Crippen molar-refractivity contribution >= 4 is 22.7 Å². The number of rotatable bonds is 4. The van der Waals surface area contributed by atoms with Crippen molar-refractivity contribution in [1.29, 1.82) is 0 Å². The average molecular weight is 487 g/mol. The van der Waals surface area contributed by atoms with E-state index in [0.717, 1.165) is 47.4 Å². The van der Waals surface area contributed by atoms with Gasteiger partial charge in [-0.3, -0.25) is 9.59 Å². The Balaban J connectivity index is 1.27. The summed E-state index contributed by atoms with van der Waals surface area (Å²) in [5.41, 5.74) is 4.04. The van der Waals surface area contributed by atoms with Crippen molar-refractivity contribution in [2.24, 2.45) is 0 Å². The number of hydrogen-bond acceptors (Lipinski definition) is 5. The lowest BCUT2D eigenvalue weighted by Gasteiger charge is -2.47. The normalized spacial score (nSPS) is 23.8. The van der Waals surface area contributed by atoms with E-state index >= 15 is 0 Å². The SMILES string of the molecule is O=C1[C@H]2Cc3c([nH]c4ccccc34)[C@H](c3ccc4c(c3)OCO4)N2C(=O)CN1CCN1CCCCC1. The Bertz CT molecular complexity index is 1340. The van der Waals surface area contributed by atoms with Gasteiger partial charge in [-0.1, -0.05) is 30.7 Å². The zero-order valence-electron chi connectivity index (χ0n) is 20.2. The molecule has 7 rings (SSSR count). The summed E-state index contributed by atoms with van der Waals surface area (Å²) < 4.78 is 11.2. The second-order valence-electron chi connectivity index (χ2n) is 10.3. The molecule has 1 aromatic heterocycles. The third-order valence-corrected chi connectivity index (χ3v) is 8.19. The molecule has 2 fully saturated rings. The number of aromatic amines is 1. The van der Waals surface area contributed by atoms with Crippen molar-refractivity contribution in [3.05, 3.63) is 59.3 Å². The fraction of sp³-hybridized carbons (Fsp3) is 0.429. The van der Waals surface area contributed by atoms with Crippen LogP contribution in [0.25, 0.3) is 10.9 Å². The first-order valence-corrected chi connectivity index (χ1v) is 13.0. The van der Waals surface area contributed by atoms with Crippen LogP contribution in [0.1, 0.15) is 42.1 Å². The zero-order chi connectivity index (χ0) is 24.2. The number of nitrogens with one attached hydrogen (secondary N) is 1. The maximum Gasteiger partial charge on any atom is 0.246 e. The first-order valence-electron chi connectivity index (χ1n) is 13.0. The van der Waals surface area contributed by atoms with Crippen LogP contribution in [0, 0.1) is 0 Å². The molecule has 0 unspecified atom stereocenters. The van der Waals surface area contributed by atoms with Gasteiger partial charge in [0.05, 0.1) is 12.6 Å². The fourth-order valence-electron chi connectivity index (χ4n) is 6.39. The number of piperazine rings is 1. The van der Waals surface area contributed by atoms with Crippen molar-refractivity contribution in [2.75, 3.05) is 39.5 Å². The third-order valence-electron chi connectivity index (χ3n) is 8.19. The maximum atomic E-state index is 13.9. The monoisotopic (exact) mass is 486 g/mol. The number of H-pyrrole nitrogens is 1. The highest BCUT2D eigenvalue weighted by Gasteiger charge is 2.48. The molecule has 2 aromatic carbocycles. The third kappa shape index (κ3) is 3.46. The van der Waals surface area contributed by atoms with E-state index in [1.165, 1.54) is 19.3 Å². The summed E-state index contributed by atoms with van der Waals surface area (Å²) in [7, 11) is 0. The number of likely N-dealkylation sites (tertiary alicyclic amines) is 1. The Morgan fingerprint density at radius 2 is 1.78 bits per heavy atom. The van der Waals surface area contributed by atoms with Crippen LogP contribution in [0.2, 0.25) is 0 Å². The minimum Gasteiger partial charge on any atom is -0.454 e. The Morgan fingerprint density at radius 3 is 2.67 bits per heavy atom. The molecular weight excluding hydrogens is 456 g/mol. The summed E-state index contributed by atoms with van der Waals surface area (Å²) in [6.07, 6.45) is 4.22. The second-order valence-corrected chi connectivity index (χ2v) is 10.3. The van der Waals surface area contributed by atoms with Crippen molar-refractivity contribution in [3.8, 4) is 11.5 Å². The fourth-order valence-corrected chi connectivity index (χ4v) is 6.39. The smallest absolute Gasteiger partial charge is 0.246 e. The molecule has 2 atom stereocenters. The molecule has 4 aliphatic rings. The molecule has 3 aromatic rings. The summed E-state index contributed by atoms with van der Waals surface area (Å²) in [5, 5.41) is 1.11. The number of piperidine rings is 1. The first-order chi connectivity index (χ1) is 17.7. The van der Waals surface area contributed by atoms with Crippen LogP contribution in [0.3, 0.4) is 0 Å². The second kappa shape index (κ2) is 8.55. The van der Waals surface area contributed by atoms with Crippen LogP contribution in [0.15, 0.2) is 42.5 Å². The number of fused-ring (bicyclic) bond motifs is 5. The number of ether oxygens (including phenoxy) is 2. The van der Waals surface area contributed by atoms with Gasteiger partial charge in [-0.25, -0.2) is 0 Å². The maximum absolute atomic E-state index is 13.9. The predicted molar refractivity (Wildman–Crippen MR) is 134 cm³/mol. The van der Waals surface area contributed by atoms with E-state index in [0.29, 0.717) is 24.5 Å². The van der Waals surface area contributed by atoms with Crippen LogP contribution < -0.4 is 9.47 Å². The number of carbonyl (C=O) groups excluding carboxylic acids is 2. The van der Waals surface area contributed by atoms with Crippen LogP contribution in [0.4, 0.5) is 0 Å². The molecule has 5 heterocycles. The van der Waals surface area contributed by atoms with Crippen molar-refractivity contribution in [1.82, 2.24) is 19.7 Å². The van der Waals surface area contributed by atoms with Gasteiger partial charge in [0.2, 0.25) is 18.6 Å². The minimum absolute atomic E-state index is 0.00906. The molecule has 8 heteroatoms. The number of carbonyl (C=O) groups is 2. The van der Waals surface area contributed by atoms with E-state index < -0.39 is 6.04 Å². The Morgan fingerprint density at radius 1 is 0.944 bits per heavy atom. The number of para-hydroxylation sites is 1. The topological polar surface area (TPSA) is 78.1 Å². The van der Waals surface area contributed by atoms with Gasteiger partial charge in [-0.15, -0.1) is 0 Å². The number of amides is 2. The van der Waals surface area contributed by atoms with Crippen LogP contribution in [0.5, 0.6) is 11.5 Å². The standard InChI is InChI=1S/C28H30N4O4/c33-25-16-31(13-12-30-10-4-1-5-11-30)28(34)22-15-20-19-6-2-3-7-21(19)29-26(20)27(32(22)25)18-8-9-23-24(14-18)36-17-35-23/h2-3,6-9,14,22,27,29H,1,4-5,10-13,15-17H2/t22-,27+/m1/s1. The Labute approximate surface area is 209 Å². The van der Waals surface area contributed by atoms with Gasteiger partial charge in [-0.2, -0.15) is 0 Å². The molecule has 186 valence electrons. The van der Waals surface area contributed by atoms with E-state index in [-0.39, 0.29) is 31.2 Å². The molecule has 36 heavy (non-hydrogen) atoms. The number of nitrogens with zero attached hydrogens (tertiary/aromatic N) is 3. The van der Waals surface area contributed by atoms with E-state index in [9.17, 15) is 9.59 Å². The highest BCUT2D eigenvalue weighted by Crippen LogP contribution is 2.44. The van der Waals surface area contributed by atoms with Crippen molar-refractivity contribution in [3.63, 3.8) is 0 Å². The van der Waals surface area contributed by atoms with Gasteiger partial charge in [-0.05, 0) is 55.3 Å². The number of benzene rings is 2. The van der Waals surface area contributed by atoms with Crippen LogP contribution >= 0.6 is 0 Å². The molecule has 4 aliphatic heterocycles. The van der Waals surface area contributed by atoms with E-state index in [4.69, 9.17) is 9.47 Å². The summed E-state index contributed by atoms with van der Waals surface area (Å²) in [6, 6.07) is 13.1. The Kier molecular flexibility index (Phi) is 5.16. The molecule has 0 bridgehead atoms. The van der Waals surface area contributed by atoms with Gasteiger partial charge in [0.15, 0.2) is 11.5 Å². The van der Waals surface area contributed by atoms with E-state index in [1.807, 2.05) is 35.2 Å². The van der Waals surface area contributed by atoms with Gasteiger partial charge in [0.25, 0.3) is 0 Å². The molecule has 0 spiro atoms. The molecular formula is C28H30N4O4. The molecule has 2 saturated heterocycles. The summed E-state index contributed by atoms with van der Waals surface area (Å²) in [4.78, 5) is 37.2. The van der Waals surface area contributed by atoms with Crippen molar-refractivity contribution < 1.29 is 19.1 Å². The molecule has 1 N–H and O–H groups in total. The lowest BCUT2D eigenvalue weighted by Crippen LogP contribution is -2.63. The number of aromatic nitrogens is 1. The molecule has 2 amide bonds. The van der Waals surface area contributed by atoms with E-state index in [2.05, 4.69) is 22.0 Å². The summed E-state index contributed by atoms with van der Waals surface area (Å²) in [5.74, 6) is 1.41. The first kappa shape index (κ1) is 21.7. The lowest BCUT2D eigenvalue weighted by molar-refractivity contribution is -0.158. The van der Waals surface area contributed by atoms with Gasteiger partial charge in [0, 0.05) is 36.1 Å². The van der Waals surface area contributed by atoms with Crippen molar-refractivity contribution in [2.45, 2.75) is 37.8 Å². The van der Waals surface area contributed by atoms with Gasteiger partial charge < -0.3 is 29.2 Å². The van der Waals surface area contributed by atoms with Crippen LogP contribution in [-0.4, -0.2) is 77.1 Å². The lowest BCUT2D eigenvalue weighted by atomic mass is 9.86. The minimum atomic E-state index is -0.519. The highest BCUT2D eigenvalue weighted by atomic mass is 16.7. The average Bonchev–Trinajstić information content (AvgIpc) is 3.53. The molecule has 0 radical (unpaired) electrons. The van der Waals surface area contributed by atoms with Gasteiger partial charge in [0.1, 0.15) is 6.04 Å². The quantitative estimate of drug-likeness (QED) is 0.613. The summed E-state index contributed by atoms with van der Waals surface area (Å²) in [6.45, 7) is 3.91.